The first kappa shape index (κ1) is 17.1. The first-order valence-electron chi connectivity index (χ1n) is 8.84. The predicted octanol–water partition coefficient (Wildman–Crippen LogP) is 2.66. The highest BCUT2D eigenvalue weighted by atomic mass is 19.4. The summed E-state index contributed by atoms with van der Waals surface area (Å²) in [7, 11) is 0. The third-order valence-electron chi connectivity index (χ3n) is 5.43. The molecule has 2 aliphatic rings. The molecule has 0 spiro atoms. The van der Waals surface area contributed by atoms with Crippen LogP contribution in [0.4, 0.5) is 13.2 Å². The van der Waals surface area contributed by atoms with Gasteiger partial charge in [0.15, 0.2) is 5.69 Å². The number of nitrogens with zero attached hydrogens (tertiary/aromatic N) is 3. The van der Waals surface area contributed by atoms with Crippen molar-refractivity contribution >= 4 is 5.91 Å². The Labute approximate surface area is 148 Å². The fraction of sp³-hybridized carbons (Fsp3) is 0.588. The third-order valence-corrected chi connectivity index (χ3v) is 5.43. The van der Waals surface area contributed by atoms with Crippen LogP contribution < -0.4 is 0 Å². The Morgan fingerprint density at radius 2 is 2.12 bits per heavy atom. The van der Waals surface area contributed by atoms with Gasteiger partial charge in [-0.1, -0.05) is 0 Å². The van der Waals surface area contributed by atoms with Crippen molar-refractivity contribution in [3.05, 3.63) is 34.9 Å². The van der Waals surface area contributed by atoms with E-state index in [-0.39, 0.29) is 17.7 Å². The molecule has 3 heterocycles. The average Bonchev–Trinajstić information content (AvgIpc) is 3.29. The summed E-state index contributed by atoms with van der Waals surface area (Å²) in [6.07, 6.45) is 1.10. The van der Waals surface area contributed by atoms with Crippen LogP contribution in [-0.4, -0.2) is 44.3 Å². The summed E-state index contributed by atoms with van der Waals surface area (Å²) < 4.78 is 38.3. The normalized spacial score (nSPS) is 23.7. The van der Waals surface area contributed by atoms with Crippen molar-refractivity contribution in [1.29, 1.82) is 0 Å². The largest absolute Gasteiger partial charge is 0.435 e. The predicted molar refractivity (Wildman–Crippen MR) is 86.2 cm³/mol. The summed E-state index contributed by atoms with van der Waals surface area (Å²) in [6.45, 7) is 1.09. The van der Waals surface area contributed by atoms with Crippen LogP contribution in [-0.2, 0) is 23.8 Å². The second kappa shape index (κ2) is 6.44. The Morgan fingerprint density at radius 3 is 2.88 bits per heavy atom. The number of aryl methyl sites for hydroxylation is 1. The second-order valence-electron chi connectivity index (χ2n) is 7.14. The SMILES string of the molecule is O=C(C1CCc2[nH]ncc2C1)N1CCCC(c2cc(C(F)(F)F)n[nH]2)C1. The zero-order valence-corrected chi connectivity index (χ0v) is 14.1. The molecular formula is C17H20F3N5O. The highest BCUT2D eigenvalue weighted by Crippen LogP contribution is 2.33. The van der Waals surface area contributed by atoms with E-state index in [4.69, 9.17) is 0 Å². The van der Waals surface area contributed by atoms with Crippen molar-refractivity contribution in [2.75, 3.05) is 13.1 Å². The maximum absolute atomic E-state index is 12.9. The summed E-state index contributed by atoms with van der Waals surface area (Å²) in [6, 6.07) is 1.07. The summed E-state index contributed by atoms with van der Waals surface area (Å²) >= 11 is 0. The number of nitrogens with one attached hydrogen (secondary N) is 2. The van der Waals surface area contributed by atoms with E-state index in [1.807, 2.05) is 0 Å². The topological polar surface area (TPSA) is 77.7 Å². The number of halogens is 3. The number of hydrogen-bond donors (Lipinski definition) is 2. The minimum Gasteiger partial charge on any atom is -0.342 e. The Hall–Kier alpha value is -2.32. The molecule has 2 aromatic heterocycles. The van der Waals surface area contributed by atoms with E-state index in [1.54, 1.807) is 11.1 Å². The molecule has 0 radical (unpaired) electrons. The van der Waals surface area contributed by atoms with Gasteiger partial charge in [-0.2, -0.15) is 23.4 Å². The van der Waals surface area contributed by atoms with Crippen molar-refractivity contribution in [3.8, 4) is 0 Å². The number of alkyl halides is 3. The van der Waals surface area contributed by atoms with Gasteiger partial charge in [-0.3, -0.25) is 15.0 Å². The Balaban J connectivity index is 1.43. The lowest BCUT2D eigenvalue weighted by molar-refractivity contribution is -0.141. The van der Waals surface area contributed by atoms with E-state index in [9.17, 15) is 18.0 Å². The fourth-order valence-corrected chi connectivity index (χ4v) is 4.01. The van der Waals surface area contributed by atoms with E-state index in [0.717, 1.165) is 43.0 Å². The summed E-state index contributed by atoms with van der Waals surface area (Å²) in [4.78, 5) is 14.7. The number of piperidine rings is 1. The van der Waals surface area contributed by atoms with Crippen LogP contribution in [0.25, 0.3) is 0 Å². The first-order chi connectivity index (χ1) is 12.4. The molecule has 2 unspecified atom stereocenters. The monoisotopic (exact) mass is 367 g/mol. The number of hydrogen-bond acceptors (Lipinski definition) is 3. The standard InChI is InChI=1S/C17H20F3N5O/c18-17(19,20)15-7-14(23-24-15)11-2-1-5-25(9-11)16(26)10-3-4-13-12(6-10)8-21-22-13/h7-8,10-11H,1-6,9H2,(H,21,22)(H,23,24). The average molecular weight is 367 g/mol. The minimum absolute atomic E-state index is 0.0775. The Kier molecular flexibility index (Phi) is 4.24. The van der Waals surface area contributed by atoms with Gasteiger partial charge in [0.25, 0.3) is 0 Å². The number of aromatic amines is 2. The van der Waals surface area contributed by atoms with Crippen molar-refractivity contribution < 1.29 is 18.0 Å². The molecule has 6 nitrogen and oxygen atoms in total. The lowest BCUT2D eigenvalue weighted by Crippen LogP contribution is -2.43. The zero-order chi connectivity index (χ0) is 18.3. The molecule has 9 heteroatoms. The molecule has 1 saturated heterocycles. The van der Waals surface area contributed by atoms with Gasteiger partial charge in [-0.05, 0) is 43.7 Å². The molecule has 2 atom stereocenters. The van der Waals surface area contributed by atoms with Gasteiger partial charge < -0.3 is 4.90 Å². The Morgan fingerprint density at radius 1 is 1.27 bits per heavy atom. The van der Waals surface area contributed by atoms with Crippen LogP contribution >= 0.6 is 0 Å². The van der Waals surface area contributed by atoms with Crippen LogP contribution in [0, 0.1) is 5.92 Å². The fourth-order valence-electron chi connectivity index (χ4n) is 4.01. The summed E-state index contributed by atoms with van der Waals surface area (Å²) in [5.41, 5.74) is 1.74. The number of likely N-dealkylation sites (tertiary alicyclic amines) is 1. The molecule has 0 saturated carbocycles. The molecule has 2 aromatic rings. The van der Waals surface area contributed by atoms with Crippen molar-refractivity contribution in [1.82, 2.24) is 25.3 Å². The van der Waals surface area contributed by atoms with Crippen LogP contribution in [0.5, 0.6) is 0 Å². The minimum atomic E-state index is -4.46. The highest BCUT2D eigenvalue weighted by molar-refractivity contribution is 5.79. The molecule has 1 fully saturated rings. The van der Waals surface area contributed by atoms with Gasteiger partial charge in [-0.25, -0.2) is 0 Å². The highest BCUT2D eigenvalue weighted by Gasteiger charge is 2.36. The number of rotatable bonds is 2. The number of carbonyl (C=O) groups is 1. The van der Waals surface area contributed by atoms with Crippen molar-refractivity contribution in [2.45, 2.75) is 44.2 Å². The summed E-state index contributed by atoms with van der Waals surface area (Å²) in [5.74, 6) is -0.118. The number of fused-ring (bicyclic) bond motifs is 1. The van der Waals surface area contributed by atoms with E-state index in [2.05, 4.69) is 20.4 Å². The van der Waals surface area contributed by atoms with Crippen molar-refractivity contribution in [3.63, 3.8) is 0 Å². The van der Waals surface area contributed by atoms with E-state index < -0.39 is 11.9 Å². The lowest BCUT2D eigenvalue weighted by atomic mass is 9.85. The number of H-pyrrole nitrogens is 2. The van der Waals surface area contributed by atoms with Gasteiger partial charge in [-0.15, -0.1) is 0 Å². The number of carbonyl (C=O) groups excluding carboxylic acids is 1. The van der Waals surface area contributed by atoms with Crippen molar-refractivity contribution in [2.24, 2.45) is 5.92 Å². The number of amides is 1. The van der Waals surface area contributed by atoms with Gasteiger partial charge in [0, 0.05) is 36.3 Å². The van der Waals surface area contributed by atoms with Crippen LogP contribution in [0.2, 0.25) is 0 Å². The van der Waals surface area contributed by atoms with E-state index >= 15 is 0 Å². The van der Waals surface area contributed by atoms with E-state index in [1.165, 1.54) is 0 Å². The van der Waals surface area contributed by atoms with Gasteiger partial charge in [0.1, 0.15) is 0 Å². The third kappa shape index (κ3) is 3.22. The molecule has 0 bridgehead atoms. The number of aromatic nitrogens is 4. The zero-order valence-electron chi connectivity index (χ0n) is 14.1. The summed E-state index contributed by atoms with van der Waals surface area (Å²) in [5, 5.41) is 12.9. The Bertz CT molecular complexity index is 796. The van der Waals surface area contributed by atoms with Gasteiger partial charge in [0.05, 0.1) is 6.20 Å². The van der Waals surface area contributed by atoms with Crippen LogP contribution in [0.15, 0.2) is 12.3 Å². The molecule has 1 aliphatic carbocycles. The maximum Gasteiger partial charge on any atom is 0.435 e. The molecule has 0 aromatic carbocycles. The molecule has 26 heavy (non-hydrogen) atoms. The lowest BCUT2D eigenvalue weighted by Gasteiger charge is -2.35. The van der Waals surface area contributed by atoms with Crippen LogP contribution in [0.3, 0.4) is 0 Å². The molecule has 4 rings (SSSR count). The smallest absolute Gasteiger partial charge is 0.342 e. The first-order valence-corrected chi connectivity index (χ1v) is 8.84. The molecule has 1 aliphatic heterocycles. The van der Waals surface area contributed by atoms with Crippen LogP contribution in [0.1, 0.15) is 47.8 Å². The quantitative estimate of drug-likeness (QED) is 0.857. The molecule has 140 valence electrons. The van der Waals surface area contributed by atoms with Gasteiger partial charge >= 0.3 is 6.18 Å². The molecule has 2 N–H and O–H groups in total. The van der Waals surface area contributed by atoms with E-state index in [0.29, 0.717) is 25.2 Å². The molecular weight excluding hydrogens is 347 g/mol. The second-order valence-corrected chi connectivity index (χ2v) is 7.14. The van der Waals surface area contributed by atoms with Gasteiger partial charge in [0.2, 0.25) is 5.91 Å². The maximum atomic E-state index is 12.9. The molecule has 1 amide bonds.